The van der Waals surface area contributed by atoms with Crippen molar-refractivity contribution in [3.05, 3.63) is 71.0 Å². The molecular weight excluding hydrogens is 255 g/mol. The van der Waals surface area contributed by atoms with E-state index in [9.17, 15) is 9.18 Å². The summed E-state index contributed by atoms with van der Waals surface area (Å²) >= 11 is 0. The van der Waals surface area contributed by atoms with Crippen molar-refractivity contribution in [2.24, 2.45) is 5.10 Å². The van der Waals surface area contributed by atoms with Crippen LogP contribution in [0.2, 0.25) is 0 Å². The van der Waals surface area contributed by atoms with Gasteiger partial charge in [0.05, 0.1) is 11.3 Å². The molecule has 2 rings (SSSR count). The highest BCUT2D eigenvalue weighted by molar-refractivity contribution is 6.00. The first-order valence-corrected chi connectivity index (χ1v) is 6.24. The quantitative estimate of drug-likeness (QED) is 0.675. The van der Waals surface area contributed by atoms with E-state index in [0.717, 1.165) is 11.1 Å². The number of rotatable bonds is 3. The lowest BCUT2D eigenvalue weighted by atomic mass is 10.1. The number of carbonyl (C=O) groups excluding carboxylic acids is 1. The molecule has 2 aromatic carbocycles. The van der Waals surface area contributed by atoms with Gasteiger partial charge in [-0.05, 0) is 31.5 Å². The summed E-state index contributed by atoms with van der Waals surface area (Å²) in [6.45, 7) is 3.78. The van der Waals surface area contributed by atoms with Gasteiger partial charge in [-0.3, -0.25) is 4.79 Å². The molecule has 0 heterocycles. The SMILES string of the molecule is C/C(=N\NC(=O)c1ccccc1F)c1ccc(C)cc1. The Balaban J connectivity index is 2.11. The molecule has 0 atom stereocenters. The second-order valence-corrected chi connectivity index (χ2v) is 4.48. The van der Waals surface area contributed by atoms with Gasteiger partial charge in [-0.25, -0.2) is 9.82 Å². The number of hydrazone groups is 1. The summed E-state index contributed by atoms with van der Waals surface area (Å²) in [7, 11) is 0. The molecule has 102 valence electrons. The van der Waals surface area contributed by atoms with Crippen molar-refractivity contribution in [1.82, 2.24) is 5.43 Å². The van der Waals surface area contributed by atoms with E-state index in [4.69, 9.17) is 0 Å². The third-order valence-corrected chi connectivity index (χ3v) is 2.91. The topological polar surface area (TPSA) is 41.5 Å². The molecule has 2 aromatic rings. The lowest BCUT2D eigenvalue weighted by Gasteiger charge is -2.04. The zero-order valence-electron chi connectivity index (χ0n) is 11.4. The van der Waals surface area contributed by atoms with E-state index >= 15 is 0 Å². The molecule has 0 aromatic heterocycles. The van der Waals surface area contributed by atoms with Crippen LogP contribution in [0, 0.1) is 12.7 Å². The number of nitrogens with one attached hydrogen (secondary N) is 1. The fraction of sp³-hybridized carbons (Fsp3) is 0.125. The van der Waals surface area contributed by atoms with Crippen LogP contribution >= 0.6 is 0 Å². The Kier molecular flexibility index (Phi) is 4.25. The highest BCUT2D eigenvalue weighted by atomic mass is 19.1. The fourth-order valence-corrected chi connectivity index (χ4v) is 1.70. The number of aryl methyl sites for hydroxylation is 1. The van der Waals surface area contributed by atoms with Crippen molar-refractivity contribution in [3.8, 4) is 0 Å². The number of nitrogens with zero attached hydrogens (tertiary/aromatic N) is 1. The van der Waals surface area contributed by atoms with Crippen molar-refractivity contribution in [2.75, 3.05) is 0 Å². The van der Waals surface area contributed by atoms with Crippen molar-refractivity contribution in [2.45, 2.75) is 13.8 Å². The van der Waals surface area contributed by atoms with Gasteiger partial charge in [0.1, 0.15) is 5.82 Å². The fourth-order valence-electron chi connectivity index (χ4n) is 1.70. The van der Waals surface area contributed by atoms with E-state index in [0.29, 0.717) is 5.71 Å². The minimum Gasteiger partial charge on any atom is -0.267 e. The van der Waals surface area contributed by atoms with Gasteiger partial charge in [0.25, 0.3) is 5.91 Å². The summed E-state index contributed by atoms with van der Waals surface area (Å²) in [6.07, 6.45) is 0. The Hall–Kier alpha value is -2.49. The van der Waals surface area contributed by atoms with Crippen molar-refractivity contribution in [3.63, 3.8) is 0 Å². The Morgan fingerprint density at radius 3 is 2.40 bits per heavy atom. The standard InChI is InChI=1S/C16H15FN2O/c1-11-7-9-13(10-8-11)12(2)18-19-16(20)14-5-3-4-6-15(14)17/h3-10H,1-2H3,(H,19,20)/b18-12+. The molecule has 0 aliphatic carbocycles. The summed E-state index contributed by atoms with van der Waals surface area (Å²) in [4.78, 5) is 11.8. The molecule has 0 unspecified atom stereocenters. The van der Waals surface area contributed by atoms with Crippen LogP contribution in [-0.2, 0) is 0 Å². The Morgan fingerprint density at radius 2 is 1.75 bits per heavy atom. The van der Waals surface area contributed by atoms with E-state index < -0.39 is 11.7 Å². The van der Waals surface area contributed by atoms with E-state index in [1.165, 1.54) is 18.2 Å². The third-order valence-electron chi connectivity index (χ3n) is 2.91. The van der Waals surface area contributed by atoms with Crippen LogP contribution in [0.5, 0.6) is 0 Å². The summed E-state index contributed by atoms with van der Waals surface area (Å²) in [6, 6.07) is 13.6. The van der Waals surface area contributed by atoms with Gasteiger partial charge >= 0.3 is 0 Å². The maximum Gasteiger partial charge on any atom is 0.274 e. The van der Waals surface area contributed by atoms with Crippen LogP contribution in [0.4, 0.5) is 4.39 Å². The second kappa shape index (κ2) is 6.10. The first-order valence-electron chi connectivity index (χ1n) is 6.24. The molecule has 1 amide bonds. The second-order valence-electron chi connectivity index (χ2n) is 4.48. The van der Waals surface area contributed by atoms with Crippen LogP contribution in [0.3, 0.4) is 0 Å². The van der Waals surface area contributed by atoms with Crippen LogP contribution in [0.25, 0.3) is 0 Å². The number of halogens is 1. The zero-order valence-corrected chi connectivity index (χ0v) is 11.4. The van der Waals surface area contributed by atoms with Crippen molar-refractivity contribution >= 4 is 11.6 Å². The average molecular weight is 270 g/mol. The summed E-state index contributed by atoms with van der Waals surface area (Å²) in [5, 5.41) is 3.99. The van der Waals surface area contributed by atoms with Crippen molar-refractivity contribution < 1.29 is 9.18 Å². The molecule has 0 fully saturated rings. The maximum atomic E-state index is 13.4. The molecule has 20 heavy (non-hydrogen) atoms. The summed E-state index contributed by atoms with van der Waals surface area (Å²) < 4.78 is 13.4. The maximum absolute atomic E-state index is 13.4. The van der Waals surface area contributed by atoms with Crippen LogP contribution < -0.4 is 5.43 Å². The van der Waals surface area contributed by atoms with Gasteiger partial charge in [-0.2, -0.15) is 5.10 Å². The van der Waals surface area contributed by atoms with Gasteiger partial charge in [-0.1, -0.05) is 42.0 Å². The Bertz CT molecular complexity index is 648. The third kappa shape index (κ3) is 3.29. The molecule has 3 nitrogen and oxygen atoms in total. The highest BCUT2D eigenvalue weighted by Gasteiger charge is 2.09. The molecule has 1 N–H and O–H groups in total. The van der Waals surface area contributed by atoms with E-state index in [1.807, 2.05) is 31.2 Å². The van der Waals surface area contributed by atoms with E-state index in [2.05, 4.69) is 10.5 Å². The normalized spacial score (nSPS) is 11.2. The van der Waals surface area contributed by atoms with Crippen LogP contribution in [0.1, 0.15) is 28.4 Å². The molecule has 0 aliphatic heterocycles. The molecule has 0 saturated heterocycles. The number of hydrogen-bond donors (Lipinski definition) is 1. The summed E-state index contributed by atoms with van der Waals surface area (Å²) in [5.74, 6) is -1.12. The number of amides is 1. The van der Waals surface area contributed by atoms with E-state index in [-0.39, 0.29) is 5.56 Å². The van der Waals surface area contributed by atoms with Gasteiger partial charge in [0, 0.05) is 0 Å². The minimum absolute atomic E-state index is 0.0204. The largest absolute Gasteiger partial charge is 0.274 e. The molecule has 4 heteroatoms. The number of carbonyl (C=O) groups is 1. The molecule has 0 spiro atoms. The lowest BCUT2D eigenvalue weighted by molar-refractivity contribution is 0.0951. The van der Waals surface area contributed by atoms with E-state index in [1.54, 1.807) is 13.0 Å². The predicted molar refractivity (Wildman–Crippen MR) is 77.3 cm³/mol. The minimum atomic E-state index is -0.562. The highest BCUT2D eigenvalue weighted by Crippen LogP contribution is 2.07. The zero-order chi connectivity index (χ0) is 14.5. The molecule has 0 aliphatic rings. The molecule has 0 saturated carbocycles. The molecule has 0 radical (unpaired) electrons. The Labute approximate surface area is 117 Å². The van der Waals surface area contributed by atoms with Crippen LogP contribution in [0.15, 0.2) is 53.6 Å². The smallest absolute Gasteiger partial charge is 0.267 e. The number of benzene rings is 2. The number of hydrogen-bond acceptors (Lipinski definition) is 2. The Morgan fingerprint density at radius 1 is 1.10 bits per heavy atom. The van der Waals surface area contributed by atoms with Crippen LogP contribution in [-0.4, -0.2) is 11.6 Å². The first-order chi connectivity index (χ1) is 9.58. The van der Waals surface area contributed by atoms with Gasteiger partial charge in [-0.15, -0.1) is 0 Å². The molecule has 0 bridgehead atoms. The molecular formula is C16H15FN2O. The first kappa shape index (κ1) is 13.9. The average Bonchev–Trinajstić information content (AvgIpc) is 2.45. The van der Waals surface area contributed by atoms with Gasteiger partial charge in [0.15, 0.2) is 0 Å². The van der Waals surface area contributed by atoms with Gasteiger partial charge in [0.2, 0.25) is 0 Å². The summed E-state index contributed by atoms with van der Waals surface area (Å²) in [5.41, 5.74) is 5.06. The van der Waals surface area contributed by atoms with Crippen molar-refractivity contribution in [1.29, 1.82) is 0 Å². The van der Waals surface area contributed by atoms with Gasteiger partial charge < -0.3 is 0 Å². The predicted octanol–water partition coefficient (Wildman–Crippen LogP) is 3.29. The lowest BCUT2D eigenvalue weighted by Crippen LogP contribution is -2.20. The monoisotopic (exact) mass is 270 g/mol.